The smallest absolute Gasteiger partial charge is 0.303 e. The number of hydrogen-bond acceptors (Lipinski definition) is 6. The fourth-order valence-electron chi connectivity index (χ4n) is 2.55. The molecule has 138 valence electrons. The molecule has 1 aromatic heterocycles. The molecule has 7 nitrogen and oxygen atoms in total. The summed E-state index contributed by atoms with van der Waals surface area (Å²) in [5.74, 6) is 0.345. The van der Waals surface area contributed by atoms with E-state index in [0.29, 0.717) is 11.5 Å². The number of nitrogens with zero attached hydrogens (tertiary/aromatic N) is 3. The molecule has 1 heterocycles. The molecule has 3 aromatic rings. The van der Waals surface area contributed by atoms with Gasteiger partial charge >= 0.3 is 5.97 Å². The SMILES string of the molecule is COc1ccc(/C=N/Nc2nc3ccc(C)cc3nc2CCC(=O)O)cc1. The summed E-state index contributed by atoms with van der Waals surface area (Å²) in [7, 11) is 1.61. The Morgan fingerprint density at radius 3 is 2.67 bits per heavy atom. The Labute approximate surface area is 156 Å². The molecule has 2 aromatic carbocycles. The van der Waals surface area contributed by atoms with Gasteiger partial charge in [0, 0.05) is 6.42 Å². The van der Waals surface area contributed by atoms with Crippen molar-refractivity contribution < 1.29 is 14.6 Å². The lowest BCUT2D eigenvalue weighted by molar-refractivity contribution is -0.136. The molecule has 0 aliphatic rings. The van der Waals surface area contributed by atoms with Crippen molar-refractivity contribution in [2.24, 2.45) is 5.10 Å². The summed E-state index contributed by atoms with van der Waals surface area (Å²) in [6.45, 7) is 1.98. The molecule has 0 bridgehead atoms. The zero-order valence-corrected chi connectivity index (χ0v) is 15.1. The number of carbonyl (C=O) groups is 1. The molecule has 3 rings (SSSR count). The standard InChI is InChI=1S/C20H20N4O3/c1-13-3-8-16-18(11-13)22-17(9-10-19(25)26)20(23-16)24-21-12-14-4-6-15(27-2)7-5-14/h3-8,11-12H,9-10H2,1-2H3,(H,23,24)(H,25,26)/b21-12+. The first kappa shape index (κ1) is 18.3. The van der Waals surface area contributed by atoms with Crippen LogP contribution >= 0.6 is 0 Å². The predicted molar refractivity (Wildman–Crippen MR) is 104 cm³/mol. The number of carboxylic acid groups (broad SMARTS) is 1. The Bertz CT molecular complexity index is 984. The molecule has 7 heteroatoms. The van der Waals surface area contributed by atoms with E-state index in [2.05, 4.69) is 20.5 Å². The Kier molecular flexibility index (Phi) is 5.61. The Hall–Kier alpha value is -3.48. The second-order valence-corrected chi connectivity index (χ2v) is 6.05. The van der Waals surface area contributed by atoms with Gasteiger partial charge in [-0.05, 0) is 54.4 Å². The van der Waals surface area contributed by atoms with Crippen molar-refractivity contribution in [3.8, 4) is 5.75 Å². The van der Waals surface area contributed by atoms with Crippen molar-refractivity contribution in [3.05, 3.63) is 59.3 Å². The number of carboxylic acids is 1. The fraction of sp³-hybridized carbons (Fsp3) is 0.200. The highest BCUT2D eigenvalue weighted by molar-refractivity contribution is 5.81. The van der Waals surface area contributed by atoms with Gasteiger partial charge in [0.25, 0.3) is 0 Å². The number of hydrazone groups is 1. The molecule has 0 saturated carbocycles. The monoisotopic (exact) mass is 364 g/mol. The van der Waals surface area contributed by atoms with Crippen LogP contribution in [-0.2, 0) is 11.2 Å². The highest BCUT2D eigenvalue weighted by Gasteiger charge is 2.10. The van der Waals surface area contributed by atoms with Gasteiger partial charge in [-0.3, -0.25) is 10.2 Å². The molecule has 0 fully saturated rings. The number of aromatic nitrogens is 2. The van der Waals surface area contributed by atoms with Crippen molar-refractivity contribution in [2.45, 2.75) is 19.8 Å². The van der Waals surface area contributed by atoms with Crippen LogP contribution in [0.3, 0.4) is 0 Å². The zero-order chi connectivity index (χ0) is 19.2. The van der Waals surface area contributed by atoms with Gasteiger partial charge in [0.05, 0.1) is 36.5 Å². The van der Waals surface area contributed by atoms with Crippen LogP contribution in [0.2, 0.25) is 0 Å². The summed E-state index contributed by atoms with van der Waals surface area (Å²) in [5, 5.41) is 13.2. The van der Waals surface area contributed by atoms with Gasteiger partial charge in [0.2, 0.25) is 0 Å². The lowest BCUT2D eigenvalue weighted by Gasteiger charge is -2.09. The number of hydrogen-bond donors (Lipinski definition) is 2. The van der Waals surface area contributed by atoms with E-state index >= 15 is 0 Å². The number of methoxy groups -OCH3 is 1. The third kappa shape index (κ3) is 4.78. The minimum absolute atomic E-state index is 0.0249. The van der Waals surface area contributed by atoms with E-state index in [1.165, 1.54) is 0 Å². The van der Waals surface area contributed by atoms with Gasteiger partial charge in [0.15, 0.2) is 5.82 Å². The lowest BCUT2D eigenvalue weighted by Crippen LogP contribution is -2.06. The highest BCUT2D eigenvalue weighted by Crippen LogP contribution is 2.19. The average molecular weight is 364 g/mol. The van der Waals surface area contributed by atoms with Crippen molar-refractivity contribution in [1.82, 2.24) is 9.97 Å². The normalized spacial score (nSPS) is 11.0. The fourth-order valence-corrected chi connectivity index (χ4v) is 2.55. The summed E-state index contributed by atoms with van der Waals surface area (Å²) < 4.78 is 5.13. The Balaban J connectivity index is 1.85. The quantitative estimate of drug-likeness (QED) is 0.493. The van der Waals surface area contributed by atoms with Crippen LogP contribution in [0.25, 0.3) is 11.0 Å². The first-order chi connectivity index (χ1) is 13.0. The number of rotatable bonds is 7. The molecule has 0 saturated heterocycles. The van der Waals surface area contributed by atoms with E-state index in [0.717, 1.165) is 27.9 Å². The van der Waals surface area contributed by atoms with Gasteiger partial charge in [-0.25, -0.2) is 9.97 Å². The molecular weight excluding hydrogens is 344 g/mol. The first-order valence-electron chi connectivity index (χ1n) is 8.47. The average Bonchev–Trinajstić information content (AvgIpc) is 2.66. The number of fused-ring (bicyclic) bond motifs is 1. The Morgan fingerprint density at radius 1 is 1.19 bits per heavy atom. The molecule has 0 atom stereocenters. The van der Waals surface area contributed by atoms with E-state index in [4.69, 9.17) is 9.84 Å². The van der Waals surface area contributed by atoms with Crippen LogP contribution in [0, 0.1) is 6.92 Å². The summed E-state index contributed by atoms with van der Waals surface area (Å²) in [6, 6.07) is 13.2. The third-order valence-electron chi connectivity index (χ3n) is 3.97. The molecule has 0 amide bonds. The molecule has 0 aliphatic heterocycles. The van der Waals surface area contributed by atoms with Gasteiger partial charge in [-0.15, -0.1) is 0 Å². The van der Waals surface area contributed by atoms with E-state index < -0.39 is 5.97 Å². The maximum atomic E-state index is 10.9. The second-order valence-electron chi connectivity index (χ2n) is 6.05. The molecule has 2 N–H and O–H groups in total. The second kappa shape index (κ2) is 8.27. The topological polar surface area (TPSA) is 96.7 Å². The van der Waals surface area contributed by atoms with Crippen LogP contribution in [-0.4, -0.2) is 34.4 Å². The van der Waals surface area contributed by atoms with Gasteiger partial charge in [-0.2, -0.15) is 5.10 Å². The summed E-state index contributed by atoms with van der Waals surface area (Å²) in [4.78, 5) is 20.1. The molecule has 0 radical (unpaired) electrons. The number of aliphatic carboxylic acids is 1. The van der Waals surface area contributed by atoms with Crippen molar-refractivity contribution in [3.63, 3.8) is 0 Å². The van der Waals surface area contributed by atoms with Crippen LogP contribution < -0.4 is 10.2 Å². The van der Waals surface area contributed by atoms with Crippen LogP contribution in [0.1, 0.15) is 23.2 Å². The Morgan fingerprint density at radius 2 is 1.96 bits per heavy atom. The first-order valence-corrected chi connectivity index (χ1v) is 8.47. The van der Waals surface area contributed by atoms with Gasteiger partial charge in [-0.1, -0.05) is 6.07 Å². The lowest BCUT2D eigenvalue weighted by atomic mass is 10.2. The van der Waals surface area contributed by atoms with Crippen molar-refractivity contribution in [2.75, 3.05) is 12.5 Å². The van der Waals surface area contributed by atoms with Crippen LogP contribution in [0.15, 0.2) is 47.6 Å². The van der Waals surface area contributed by atoms with E-state index in [9.17, 15) is 4.79 Å². The number of nitrogens with one attached hydrogen (secondary N) is 1. The maximum absolute atomic E-state index is 10.9. The highest BCUT2D eigenvalue weighted by atomic mass is 16.5. The van der Waals surface area contributed by atoms with Crippen molar-refractivity contribution in [1.29, 1.82) is 0 Å². The van der Waals surface area contributed by atoms with E-state index in [1.807, 2.05) is 49.4 Å². The number of ether oxygens (including phenoxy) is 1. The maximum Gasteiger partial charge on any atom is 0.303 e. The summed E-state index contributed by atoms with van der Waals surface area (Å²) >= 11 is 0. The molecule has 27 heavy (non-hydrogen) atoms. The minimum Gasteiger partial charge on any atom is -0.497 e. The molecule has 0 spiro atoms. The summed E-state index contributed by atoms with van der Waals surface area (Å²) in [6.07, 6.45) is 1.90. The van der Waals surface area contributed by atoms with E-state index in [-0.39, 0.29) is 12.8 Å². The molecular formula is C20H20N4O3. The zero-order valence-electron chi connectivity index (χ0n) is 15.1. The van der Waals surface area contributed by atoms with Gasteiger partial charge in [0.1, 0.15) is 5.75 Å². The third-order valence-corrected chi connectivity index (χ3v) is 3.97. The number of aryl methyl sites for hydroxylation is 2. The van der Waals surface area contributed by atoms with Crippen LogP contribution in [0.5, 0.6) is 5.75 Å². The number of benzene rings is 2. The molecule has 0 aliphatic carbocycles. The van der Waals surface area contributed by atoms with Gasteiger partial charge < -0.3 is 9.84 Å². The largest absolute Gasteiger partial charge is 0.497 e. The number of anilines is 1. The summed E-state index contributed by atoms with van der Waals surface area (Å²) in [5.41, 5.74) is 6.88. The minimum atomic E-state index is -0.881. The van der Waals surface area contributed by atoms with E-state index in [1.54, 1.807) is 13.3 Å². The van der Waals surface area contributed by atoms with Crippen molar-refractivity contribution >= 4 is 29.0 Å². The van der Waals surface area contributed by atoms with Crippen LogP contribution in [0.4, 0.5) is 5.82 Å². The molecule has 0 unspecified atom stereocenters. The predicted octanol–water partition coefficient (Wildman–Crippen LogP) is 3.41.